The van der Waals surface area contributed by atoms with Crippen LogP contribution in [0.15, 0.2) is 24.3 Å². The van der Waals surface area contributed by atoms with Crippen LogP contribution in [-0.2, 0) is 16.0 Å². The minimum Gasteiger partial charge on any atom is -0.375 e. The molecule has 0 N–H and O–H groups in total. The summed E-state index contributed by atoms with van der Waals surface area (Å²) in [6.45, 7) is 7.51. The van der Waals surface area contributed by atoms with Crippen molar-refractivity contribution in [2.75, 3.05) is 13.2 Å². The molecule has 1 aromatic rings. The Hall–Kier alpha value is -1.35. The summed E-state index contributed by atoms with van der Waals surface area (Å²) in [4.78, 5) is 14.2. The van der Waals surface area contributed by atoms with E-state index in [2.05, 4.69) is 38.1 Å². The first-order valence-corrected chi connectivity index (χ1v) is 7.03. The highest BCUT2D eigenvalue weighted by atomic mass is 16.5. The molecule has 1 aromatic carbocycles. The number of aryl methyl sites for hydroxylation is 2. The van der Waals surface area contributed by atoms with Gasteiger partial charge in [-0.25, -0.2) is 0 Å². The molecule has 3 nitrogen and oxygen atoms in total. The highest BCUT2D eigenvalue weighted by Gasteiger charge is 2.26. The van der Waals surface area contributed by atoms with Crippen LogP contribution in [0.5, 0.6) is 0 Å². The van der Waals surface area contributed by atoms with Gasteiger partial charge in [0.2, 0.25) is 5.91 Å². The number of hydrogen-bond donors (Lipinski definition) is 0. The molecule has 0 saturated carbocycles. The van der Waals surface area contributed by atoms with Crippen molar-refractivity contribution in [3.05, 3.63) is 35.4 Å². The Morgan fingerprint density at radius 2 is 2.00 bits per heavy atom. The third kappa shape index (κ3) is 3.80. The van der Waals surface area contributed by atoms with E-state index in [-0.39, 0.29) is 18.1 Å². The van der Waals surface area contributed by atoms with Gasteiger partial charge < -0.3 is 9.64 Å². The average Bonchev–Trinajstić information content (AvgIpc) is 2.40. The predicted molar refractivity (Wildman–Crippen MR) is 76.1 cm³/mol. The molecule has 1 fully saturated rings. The van der Waals surface area contributed by atoms with Gasteiger partial charge >= 0.3 is 0 Å². The Bertz CT molecular complexity index is 427. The van der Waals surface area contributed by atoms with Gasteiger partial charge in [-0.05, 0) is 32.8 Å². The second-order valence-electron chi connectivity index (χ2n) is 5.52. The van der Waals surface area contributed by atoms with Crippen LogP contribution < -0.4 is 0 Å². The lowest BCUT2D eigenvalue weighted by Crippen LogP contribution is -2.50. The van der Waals surface area contributed by atoms with Crippen LogP contribution in [0.1, 0.15) is 31.4 Å². The zero-order chi connectivity index (χ0) is 13.8. The highest BCUT2D eigenvalue weighted by molar-refractivity contribution is 5.77. The molecule has 1 saturated heterocycles. The summed E-state index contributed by atoms with van der Waals surface area (Å²) in [5, 5.41) is 0. The van der Waals surface area contributed by atoms with Crippen LogP contribution in [0.4, 0.5) is 0 Å². The maximum Gasteiger partial charge on any atom is 0.223 e. The number of benzene rings is 1. The van der Waals surface area contributed by atoms with Crippen molar-refractivity contribution in [1.29, 1.82) is 0 Å². The van der Waals surface area contributed by atoms with Crippen molar-refractivity contribution in [1.82, 2.24) is 4.90 Å². The summed E-state index contributed by atoms with van der Waals surface area (Å²) in [5.74, 6) is 0.239. The van der Waals surface area contributed by atoms with E-state index in [0.29, 0.717) is 19.6 Å². The number of carbonyl (C=O) groups is 1. The second-order valence-corrected chi connectivity index (χ2v) is 5.52. The number of amides is 1. The van der Waals surface area contributed by atoms with E-state index in [1.165, 1.54) is 11.1 Å². The summed E-state index contributed by atoms with van der Waals surface area (Å²) in [7, 11) is 0. The van der Waals surface area contributed by atoms with Gasteiger partial charge in [-0.1, -0.05) is 29.8 Å². The van der Waals surface area contributed by atoms with Crippen LogP contribution >= 0.6 is 0 Å². The molecule has 1 amide bonds. The van der Waals surface area contributed by atoms with Gasteiger partial charge in [-0.15, -0.1) is 0 Å². The third-order valence-corrected chi connectivity index (χ3v) is 3.68. The van der Waals surface area contributed by atoms with Crippen LogP contribution in [0.3, 0.4) is 0 Å². The standard InChI is InChI=1S/C16H23NO2/c1-12-4-6-15(7-5-12)8-9-16(18)17-10-14(3)19-11-13(17)2/h4-7,13-14H,8-11H2,1-3H3. The minimum absolute atomic E-state index is 0.152. The molecule has 1 aliphatic rings. The number of hydrogen-bond acceptors (Lipinski definition) is 2. The SMILES string of the molecule is Cc1ccc(CCC(=O)N2CC(C)OCC2C)cc1. The van der Waals surface area contributed by atoms with Gasteiger partial charge in [-0.3, -0.25) is 4.79 Å². The van der Waals surface area contributed by atoms with Crippen molar-refractivity contribution < 1.29 is 9.53 Å². The zero-order valence-corrected chi connectivity index (χ0v) is 12.1. The molecule has 0 aromatic heterocycles. The molecule has 2 unspecified atom stereocenters. The maximum atomic E-state index is 12.3. The minimum atomic E-state index is 0.152. The van der Waals surface area contributed by atoms with Crippen LogP contribution in [0.2, 0.25) is 0 Å². The summed E-state index contributed by atoms with van der Waals surface area (Å²) in [6.07, 6.45) is 1.55. The number of carbonyl (C=O) groups excluding carboxylic acids is 1. The predicted octanol–water partition coefficient (Wildman–Crippen LogP) is 2.56. The molecule has 0 spiro atoms. The van der Waals surface area contributed by atoms with Gasteiger partial charge in [0, 0.05) is 13.0 Å². The smallest absolute Gasteiger partial charge is 0.223 e. The average molecular weight is 261 g/mol. The molecule has 19 heavy (non-hydrogen) atoms. The van der Waals surface area contributed by atoms with Crippen molar-refractivity contribution in [3.8, 4) is 0 Å². The maximum absolute atomic E-state index is 12.3. The Morgan fingerprint density at radius 3 is 2.68 bits per heavy atom. The molecule has 1 heterocycles. The number of morpholine rings is 1. The summed E-state index contributed by atoms with van der Waals surface area (Å²) in [5.41, 5.74) is 2.48. The van der Waals surface area contributed by atoms with Gasteiger partial charge in [-0.2, -0.15) is 0 Å². The monoisotopic (exact) mass is 261 g/mol. The molecular weight excluding hydrogens is 238 g/mol. The Morgan fingerprint density at radius 1 is 1.32 bits per heavy atom. The molecule has 3 heteroatoms. The molecule has 2 atom stereocenters. The normalized spacial score (nSPS) is 23.4. The Kier molecular flexibility index (Phi) is 4.59. The van der Waals surface area contributed by atoms with Gasteiger partial charge in [0.15, 0.2) is 0 Å². The van der Waals surface area contributed by atoms with Crippen molar-refractivity contribution in [2.24, 2.45) is 0 Å². The zero-order valence-electron chi connectivity index (χ0n) is 12.1. The molecule has 0 radical (unpaired) electrons. The van der Waals surface area contributed by atoms with E-state index in [0.717, 1.165) is 6.42 Å². The number of nitrogens with zero attached hydrogens (tertiary/aromatic N) is 1. The van der Waals surface area contributed by atoms with Crippen molar-refractivity contribution in [2.45, 2.75) is 45.8 Å². The first-order valence-electron chi connectivity index (χ1n) is 7.03. The molecule has 2 rings (SSSR count). The van der Waals surface area contributed by atoms with Crippen molar-refractivity contribution in [3.63, 3.8) is 0 Å². The molecule has 1 aliphatic heterocycles. The first-order chi connectivity index (χ1) is 9.06. The quantitative estimate of drug-likeness (QED) is 0.837. The van der Waals surface area contributed by atoms with Gasteiger partial charge in [0.05, 0.1) is 18.8 Å². The van der Waals surface area contributed by atoms with E-state index >= 15 is 0 Å². The lowest BCUT2D eigenvalue weighted by Gasteiger charge is -2.36. The molecule has 0 bridgehead atoms. The van der Waals surface area contributed by atoms with Gasteiger partial charge in [0.1, 0.15) is 0 Å². The van der Waals surface area contributed by atoms with Crippen molar-refractivity contribution >= 4 is 5.91 Å². The summed E-state index contributed by atoms with van der Waals surface area (Å²) < 4.78 is 5.55. The number of rotatable bonds is 3. The largest absolute Gasteiger partial charge is 0.375 e. The Labute approximate surface area is 115 Å². The van der Waals surface area contributed by atoms with E-state index in [1.54, 1.807) is 0 Å². The fourth-order valence-corrected chi connectivity index (χ4v) is 2.40. The molecule has 104 valence electrons. The summed E-state index contributed by atoms with van der Waals surface area (Å²) >= 11 is 0. The fraction of sp³-hybridized carbons (Fsp3) is 0.562. The van der Waals surface area contributed by atoms with E-state index < -0.39 is 0 Å². The van der Waals surface area contributed by atoms with Crippen LogP contribution in [0.25, 0.3) is 0 Å². The Balaban J connectivity index is 1.88. The first kappa shape index (κ1) is 14.1. The topological polar surface area (TPSA) is 29.5 Å². The molecular formula is C16H23NO2. The third-order valence-electron chi connectivity index (χ3n) is 3.68. The van der Waals surface area contributed by atoms with E-state index in [1.807, 2.05) is 11.8 Å². The van der Waals surface area contributed by atoms with E-state index in [4.69, 9.17) is 4.74 Å². The lowest BCUT2D eigenvalue weighted by molar-refractivity contribution is -0.143. The summed E-state index contributed by atoms with van der Waals surface area (Å²) in [6, 6.07) is 8.60. The van der Waals surface area contributed by atoms with E-state index in [9.17, 15) is 4.79 Å². The highest BCUT2D eigenvalue weighted by Crippen LogP contribution is 2.14. The van der Waals surface area contributed by atoms with Gasteiger partial charge in [0.25, 0.3) is 0 Å². The lowest BCUT2D eigenvalue weighted by atomic mass is 10.1. The second kappa shape index (κ2) is 6.20. The number of ether oxygens (including phenoxy) is 1. The molecule has 0 aliphatic carbocycles. The van der Waals surface area contributed by atoms with Crippen LogP contribution in [0, 0.1) is 6.92 Å². The van der Waals surface area contributed by atoms with Crippen LogP contribution in [-0.4, -0.2) is 36.1 Å². The fourth-order valence-electron chi connectivity index (χ4n) is 2.40.